The lowest BCUT2D eigenvalue weighted by atomic mass is 9.81. The molecule has 0 radical (unpaired) electrons. The van der Waals surface area contributed by atoms with Gasteiger partial charge in [-0.3, -0.25) is 0 Å². The average molecular weight is 369 g/mol. The van der Waals surface area contributed by atoms with Crippen molar-refractivity contribution in [1.82, 2.24) is 10.2 Å². The minimum atomic E-state index is -0.278. The first-order valence-corrected chi connectivity index (χ1v) is 9.84. The Morgan fingerprint density at radius 2 is 2.15 bits per heavy atom. The fourth-order valence-corrected chi connectivity index (χ4v) is 3.81. The predicted octanol–water partition coefficient (Wildman–Crippen LogP) is 6.03. The van der Waals surface area contributed by atoms with Gasteiger partial charge in [0, 0.05) is 18.8 Å². The van der Waals surface area contributed by atoms with Gasteiger partial charge in [-0.05, 0) is 49.0 Å². The highest BCUT2D eigenvalue weighted by Gasteiger charge is 2.36. The van der Waals surface area contributed by atoms with E-state index in [1.54, 1.807) is 12.2 Å². The molecule has 2 aliphatic rings. The molecular formula is C24H33FN2. The van der Waals surface area contributed by atoms with Gasteiger partial charge in [0.2, 0.25) is 0 Å². The molecule has 2 nitrogen and oxygen atoms in total. The summed E-state index contributed by atoms with van der Waals surface area (Å²) in [5.41, 5.74) is 3.27. The van der Waals surface area contributed by atoms with Crippen LogP contribution in [0.1, 0.15) is 34.6 Å². The van der Waals surface area contributed by atoms with Crippen molar-refractivity contribution in [2.45, 2.75) is 34.6 Å². The van der Waals surface area contributed by atoms with Crippen LogP contribution in [0.4, 0.5) is 4.39 Å². The summed E-state index contributed by atoms with van der Waals surface area (Å²) in [6.45, 7) is 15.9. The molecule has 0 fully saturated rings. The smallest absolute Gasteiger partial charge is 0.109 e. The average Bonchev–Trinajstić information content (AvgIpc) is 2.62. The van der Waals surface area contributed by atoms with Crippen LogP contribution in [0.5, 0.6) is 0 Å². The van der Waals surface area contributed by atoms with Crippen LogP contribution in [-0.4, -0.2) is 18.0 Å². The summed E-state index contributed by atoms with van der Waals surface area (Å²) < 4.78 is 15.1. The van der Waals surface area contributed by atoms with Crippen molar-refractivity contribution >= 4 is 0 Å². The molecule has 0 amide bonds. The molecule has 1 N–H and O–H groups in total. The van der Waals surface area contributed by atoms with E-state index in [0.29, 0.717) is 12.5 Å². The zero-order valence-corrected chi connectivity index (χ0v) is 17.3. The highest BCUT2D eigenvalue weighted by Crippen LogP contribution is 2.41. The van der Waals surface area contributed by atoms with Gasteiger partial charge in [-0.1, -0.05) is 63.8 Å². The summed E-state index contributed by atoms with van der Waals surface area (Å²) in [5, 5.41) is 3.53. The van der Waals surface area contributed by atoms with Gasteiger partial charge in [0.1, 0.15) is 11.6 Å². The van der Waals surface area contributed by atoms with Crippen molar-refractivity contribution < 1.29 is 4.39 Å². The topological polar surface area (TPSA) is 15.3 Å². The predicted molar refractivity (Wildman–Crippen MR) is 114 cm³/mol. The zero-order chi connectivity index (χ0) is 20.0. The van der Waals surface area contributed by atoms with Crippen molar-refractivity contribution in [3.05, 3.63) is 83.7 Å². The highest BCUT2D eigenvalue weighted by molar-refractivity contribution is 5.50. The van der Waals surface area contributed by atoms with E-state index >= 15 is 4.39 Å². The first-order valence-electron chi connectivity index (χ1n) is 9.84. The van der Waals surface area contributed by atoms with E-state index in [4.69, 9.17) is 0 Å². The minimum Gasteiger partial charge on any atom is -0.368 e. The summed E-state index contributed by atoms with van der Waals surface area (Å²) in [7, 11) is 0. The molecule has 1 aliphatic carbocycles. The second-order valence-corrected chi connectivity index (χ2v) is 7.53. The highest BCUT2D eigenvalue weighted by atomic mass is 19.1. The second kappa shape index (κ2) is 9.59. The van der Waals surface area contributed by atoms with Crippen LogP contribution in [0, 0.1) is 17.8 Å². The molecule has 146 valence electrons. The first-order chi connectivity index (χ1) is 12.9. The maximum Gasteiger partial charge on any atom is 0.109 e. The zero-order valence-electron chi connectivity index (χ0n) is 17.3. The van der Waals surface area contributed by atoms with Gasteiger partial charge in [0.15, 0.2) is 0 Å². The molecule has 1 aliphatic heterocycles. The lowest BCUT2D eigenvalue weighted by Crippen LogP contribution is -2.44. The second-order valence-electron chi connectivity index (χ2n) is 7.53. The minimum absolute atomic E-state index is 0.0676. The number of hydrogen-bond donors (Lipinski definition) is 1. The van der Waals surface area contributed by atoms with E-state index in [1.807, 2.05) is 32.1 Å². The first kappa shape index (κ1) is 21.0. The van der Waals surface area contributed by atoms with E-state index in [0.717, 1.165) is 29.2 Å². The van der Waals surface area contributed by atoms with Crippen LogP contribution >= 0.6 is 0 Å². The molecule has 0 saturated heterocycles. The molecule has 2 unspecified atom stereocenters. The Morgan fingerprint density at radius 3 is 2.70 bits per heavy atom. The molecule has 27 heavy (non-hydrogen) atoms. The van der Waals surface area contributed by atoms with Crippen LogP contribution in [0.2, 0.25) is 0 Å². The molecule has 0 aromatic rings. The molecule has 1 heterocycles. The fraction of sp³-hybridized carbons (Fsp3) is 0.417. The van der Waals surface area contributed by atoms with Crippen LogP contribution in [-0.2, 0) is 0 Å². The Hall–Kier alpha value is -2.29. The summed E-state index contributed by atoms with van der Waals surface area (Å²) >= 11 is 0. The number of allylic oxidation sites excluding steroid dienone is 9. The van der Waals surface area contributed by atoms with Gasteiger partial charge in [-0.2, -0.15) is 0 Å². The van der Waals surface area contributed by atoms with Crippen LogP contribution < -0.4 is 5.32 Å². The number of halogens is 1. The van der Waals surface area contributed by atoms with Crippen LogP contribution in [0.3, 0.4) is 0 Å². The SMILES string of the molecule is C=C/C=C(\C=C/C)C1=C(C2C(F)=CC=CC2C)N(CC(C)C)/C(=C\C)NC1. The van der Waals surface area contributed by atoms with E-state index < -0.39 is 0 Å². The summed E-state index contributed by atoms with van der Waals surface area (Å²) in [4.78, 5) is 2.28. The van der Waals surface area contributed by atoms with Crippen molar-refractivity contribution in [3.63, 3.8) is 0 Å². The van der Waals surface area contributed by atoms with Crippen molar-refractivity contribution in [2.24, 2.45) is 17.8 Å². The van der Waals surface area contributed by atoms with Gasteiger partial charge in [0.05, 0.1) is 5.92 Å². The Bertz CT molecular complexity index is 731. The van der Waals surface area contributed by atoms with E-state index in [1.165, 1.54) is 0 Å². The molecule has 0 aromatic carbocycles. The van der Waals surface area contributed by atoms with E-state index in [9.17, 15) is 0 Å². The molecule has 0 bridgehead atoms. The third-order valence-corrected chi connectivity index (χ3v) is 4.94. The summed E-state index contributed by atoms with van der Waals surface area (Å²) in [6, 6.07) is 0. The molecule has 0 saturated carbocycles. The maximum absolute atomic E-state index is 15.1. The Balaban J connectivity index is 2.74. The number of nitrogens with zero attached hydrogens (tertiary/aromatic N) is 1. The molecule has 0 aromatic heterocycles. The normalized spacial score (nSPS) is 25.4. The van der Waals surface area contributed by atoms with Gasteiger partial charge < -0.3 is 10.2 Å². The van der Waals surface area contributed by atoms with Crippen molar-refractivity contribution in [1.29, 1.82) is 0 Å². The maximum atomic E-state index is 15.1. The quantitative estimate of drug-likeness (QED) is 0.576. The Labute approximate surface area is 164 Å². The number of rotatable bonds is 6. The lowest BCUT2D eigenvalue weighted by Gasteiger charge is -2.42. The monoisotopic (exact) mass is 368 g/mol. The largest absolute Gasteiger partial charge is 0.368 e. The number of hydrogen-bond acceptors (Lipinski definition) is 2. The number of nitrogens with one attached hydrogen (secondary N) is 1. The standard InChI is InChI=1S/C24H33FN2/c1-7-11-19(12-8-2)20-15-26-22(9-3)27(16-17(4)5)24(20)23-18(6)13-10-14-21(23)25/h7-14,17-18,23,26H,1,15-16H2,2-6H3/b12-8-,19-11+,22-9-. The van der Waals surface area contributed by atoms with Crippen molar-refractivity contribution in [3.8, 4) is 0 Å². The molecular weight excluding hydrogens is 335 g/mol. The van der Waals surface area contributed by atoms with Crippen LogP contribution in [0.25, 0.3) is 0 Å². The molecule has 0 spiro atoms. The lowest BCUT2D eigenvalue weighted by molar-refractivity contribution is 0.271. The Morgan fingerprint density at radius 1 is 1.41 bits per heavy atom. The van der Waals surface area contributed by atoms with Gasteiger partial charge in [-0.15, -0.1) is 0 Å². The summed E-state index contributed by atoms with van der Waals surface area (Å²) in [5.74, 6) is 1.25. The fourth-order valence-electron chi connectivity index (χ4n) is 3.81. The third-order valence-electron chi connectivity index (χ3n) is 4.94. The van der Waals surface area contributed by atoms with Gasteiger partial charge in [-0.25, -0.2) is 4.39 Å². The summed E-state index contributed by atoms with van der Waals surface area (Å²) in [6.07, 6.45) is 15.5. The third kappa shape index (κ3) is 4.71. The van der Waals surface area contributed by atoms with Crippen LogP contribution in [0.15, 0.2) is 83.7 Å². The molecule has 3 heteroatoms. The molecule has 2 atom stereocenters. The Kier molecular flexibility index (Phi) is 7.46. The van der Waals surface area contributed by atoms with Gasteiger partial charge in [0.25, 0.3) is 0 Å². The van der Waals surface area contributed by atoms with E-state index in [2.05, 4.69) is 55.8 Å². The molecule has 2 rings (SSSR count). The van der Waals surface area contributed by atoms with Gasteiger partial charge >= 0.3 is 0 Å². The van der Waals surface area contributed by atoms with E-state index in [-0.39, 0.29) is 17.7 Å². The van der Waals surface area contributed by atoms with Crippen molar-refractivity contribution in [2.75, 3.05) is 13.1 Å².